The zero-order valence-electron chi connectivity index (χ0n) is 6.77. The van der Waals surface area contributed by atoms with E-state index in [1.54, 1.807) is 0 Å². The molecule has 1 N–H and O–H groups in total. The first-order valence-corrected chi connectivity index (χ1v) is 5.39. The summed E-state index contributed by atoms with van der Waals surface area (Å²) >= 11 is 2.45. The Morgan fingerprint density at radius 1 is 1.36 bits per heavy atom. The molecule has 2 rings (SSSR count). The van der Waals surface area contributed by atoms with Gasteiger partial charge >= 0.3 is 0 Å². The Hall–Kier alpha value is 0.650. The van der Waals surface area contributed by atoms with Gasteiger partial charge < -0.3 is 5.32 Å². The molecule has 11 heavy (non-hydrogen) atoms. The van der Waals surface area contributed by atoms with E-state index in [2.05, 4.69) is 31.3 Å². The van der Waals surface area contributed by atoms with Crippen molar-refractivity contribution in [1.82, 2.24) is 8.43 Å². The average Bonchev–Trinajstić information content (AvgIpc) is 2.34. The van der Waals surface area contributed by atoms with Crippen molar-refractivity contribution in [3.63, 3.8) is 0 Å². The molecule has 0 aromatic carbocycles. The molecule has 0 aromatic heterocycles. The lowest BCUT2D eigenvalue weighted by Gasteiger charge is -2.33. The van der Waals surface area contributed by atoms with Crippen molar-refractivity contribution in [3.8, 4) is 0 Å². The SMILES string of the molecule is IN1CCC2(CCCNC2)C1. The summed E-state index contributed by atoms with van der Waals surface area (Å²) in [6.07, 6.45) is 4.23. The molecule has 2 fully saturated rings. The van der Waals surface area contributed by atoms with E-state index in [0.717, 1.165) is 0 Å². The maximum atomic E-state index is 3.51. The number of piperidine rings is 1. The van der Waals surface area contributed by atoms with Gasteiger partial charge in [-0.1, -0.05) is 0 Å². The highest BCUT2D eigenvalue weighted by molar-refractivity contribution is 14.1. The smallest absolute Gasteiger partial charge is 0.0201 e. The lowest BCUT2D eigenvalue weighted by atomic mass is 9.80. The second-order valence-corrected chi connectivity index (χ2v) is 5.24. The summed E-state index contributed by atoms with van der Waals surface area (Å²) in [6.45, 7) is 5.10. The summed E-state index contributed by atoms with van der Waals surface area (Å²) in [4.78, 5) is 0. The number of hydrogen-bond acceptors (Lipinski definition) is 2. The predicted octanol–water partition coefficient (Wildman–Crippen LogP) is 1.41. The molecule has 1 spiro atoms. The third-order valence-electron chi connectivity index (χ3n) is 2.95. The van der Waals surface area contributed by atoms with E-state index in [4.69, 9.17) is 0 Å². The molecule has 2 aliphatic heterocycles. The molecule has 0 amide bonds. The first-order valence-electron chi connectivity index (χ1n) is 4.42. The van der Waals surface area contributed by atoms with Crippen molar-refractivity contribution >= 4 is 22.9 Å². The highest BCUT2D eigenvalue weighted by atomic mass is 127. The maximum Gasteiger partial charge on any atom is 0.0201 e. The van der Waals surface area contributed by atoms with Crippen molar-refractivity contribution in [2.75, 3.05) is 26.2 Å². The average molecular weight is 266 g/mol. The highest BCUT2D eigenvalue weighted by Crippen LogP contribution is 2.37. The van der Waals surface area contributed by atoms with Gasteiger partial charge in [-0.25, -0.2) is 3.11 Å². The Bertz CT molecular complexity index is 138. The van der Waals surface area contributed by atoms with Gasteiger partial charge in [-0.15, -0.1) is 0 Å². The van der Waals surface area contributed by atoms with Crippen molar-refractivity contribution in [3.05, 3.63) is 0 Å². The molecular weight excluding hydrogens is 251 g/mol. The largest absolute Gasteiger partial charge is 0.316 e. The Labute approximate surface area is 82.2 Å². The Morgan fingerprint density at radius 3 is 2.82 bits per heavy atom. The van der Waals surface area contributed by atoms with Crippen molar-refractivity contribution in [1.29, 1.82) is 0 Å². The summed E-state index contributed by atoms with van der Waals surface area (Å²) in [5, 5.41) is 3.51. The van der Waals surface area contributed by atoms with Crippen LogP contribution in [0, 0.1) is 5.41 Å². The minimum Gasteiger partial charge on any atom is -0.316 e. The maximum absolute atomic E-state index is 3.51. The van der Waals surface area contributed by atoms with Crippen LogP contribution in [0.15, 0.2) is 0 Å². The number of hydrogen-bond donors (Lipinski definition) is 1. The van der Waals surface area contributed by atoms with Gasteiger partial charge in [0.2, 0.25) is 0 Å². The Balaban J connectivity index is 1.98. The van der Waals surface area contributed by atoms with Gasteiger partial charge in [0.15, 0.2) is 0 Å². The molecule has 0 aromatic rings. The second kappa shape index (κ2) is 3.18. The quantitative estimate of drug-likeness (QED) is 0.527. The van der Waals surface area contributed by atoms with Gasteiger partial charge in [0, 0.05) is 42.5 Å². The predicted molar refractivity (Wildman–Crippen MR) is 54.7 cm³/mol. The number of halogens is 1. The van der Waals surface area contributed by atoms with Crippen LogP contribution >= 0.6 is 22.9 Å². The van der Waals surface area contributed by atoms with Gasteiger partial charge in [0.25, 0.3) is 0 Å². The number of nitrogens with one attached hydrogen (secondary N) is 1. The summed E-state index contributed by atoms with van der Waals surface area (Å²) in [5.74, 6) is 0. The summed E-state index contributed by atoms with van der Waals surface area (Å²) in [5.41, 5.74) is 0.652. The van der Waals surface area contributed by atoms with Crippen LogP contribution in [0.1, 0.15) is 19.3 Å². The monoisotopic (exact) mass is 266 g/mol. The molecule has 2 heterocycles. The van der Waals surface area contributed by atoms with Crippen molar-refractivity contribution < 1.29 is 0 Å². The van der Waals surface area contributed by atoms with Gasteiger partial charge in [0.05, 0.1) is 0 Å². The zero-order chi connectivity index (χ0) is 7.73. The van der Waals surface area contributed by atoms with Crippen LogP contribution in [0.2, 0.25) is 0 Å². The molecule has 0 aliphatic carbocycles. The fraction of sp³-hybridized carbons (Fsp3) is 1.00. The van der Waals surface area contributed by atoms with E-state index in [1.807, 2.05) is 0 Å². The Morgan fingerprint density at radius 2 is 2.27 bits per heavy atom. The second-order valence-electron chi connectivity index (χ2n) is 3.87. The minimum absolute atomic E-state index is 0.652. The zero-order valence-corrected chi connectivity index (χ0v) is 8.93. The topological polar surface area (TPSA) is 15.3 Å². The molecular formula is C8H15IN2. The van der Waals surface area contributed by atoms with E-state index in [0.29, 0.717) is 5.41 Å². The van der Waals surface area contributed by atoms with Gasteiger partial charge in [-0.2, -0.15) is 0 Å². The van der Waals surface area contributed by atoms with Crippen LogP contribution in [0.3, 0.4) is 0 Å². The number of nitrogens with zero attached hydrogens (tertiary/aromatic N) is 1. The van der Waals surface area contributed by atoms with E-state index in [9.17, 15) is 0 Å². The van der Waals surface area contributed by atoms with Crippen LogP contribution in [-0.2, 0) is 0 Å². The van der Waals surface area contributed by atoms with E-state index >= 15 is 0 Å². The third kappa shape index (κ3) is 1.70. The minimum atomic E-state index is 0.652. The molecule has 2 nitrogen and oxygen atoms in total. The normalized spacial score (nSPS) is 40.1. The molecule has 2 saturated heterocycles. The van der Waals surface area contributed by atoms with Crippen molar-refractivity contribution in [2.24, 2.45) is 5.41 Å². The molecule has 1 unspecified atom stereocenters. The Kier molecular flexibility index (Phi) is 2.39. The third-order valence-corrected chi connectivity index (χ3v) is 3.78. The lowest BCUT2D eigenvalue weighted by molar-refractivity contribution is 0.229. The van der Waals surface area contributed by atoms with Gasteiger partial charge in [-0.3, -0.25) is 0 Å². The van der Waals surface area contributed by atoms with Gasteiger partial charge in [0.1, 0.15) is 0 Å². The first-order chi connectivity index (χ1) is 5.31. The molecule has 64 valence electrons. The number of rotatable bonds is 0. The fourth-order valence-corrected chi connectivity index (χ4v) is 3.22. The molecule has 2 aliphatic rings. The van der Waals surface area contributed by atoms with E-state index < -0.39 is 0 Å². The van der Waals surface area contributed by atoms with Gasteiger partial charge in [-0.05, 0) is 31.2 Å². The highest BCUT2D eigenvalue weighted by Gasteiger charge is 2.37. The van der Waals surface area contributed by atoms with Crippen LogP contribution in [0.5, 0.6) is 0 Å². The molecule has 0 saturated carbocycles. The van der Waals surface area contributed by atoms with Crippen LogP contribution in [-0.4, -0.2) is 29.3 Å². The van der Waals surface area contributed by atoms with Crippen LogP contribution < -0.4 is 5.32 Å². The molecule has 1 atom stereocenters. The summed E-state index contributed by atoms with van der Waals surface area (Å²) in [6, 6.07) is 0. The van der Waals surface area contributed by atoms with Crippen LogP contribution in [0.4, 0.5) is 0 Å². The molecule has 0 radical (unpaired) electrons. The lowest BCUT2D eigenvalue weighted by Crippen LogP contribution is -2.41. The van der Waals surface area contributed by atoms with E-state index in [-0.39, 0.29) is 0 Å². The standard InChI is InChI=1S/C8H15IN2/c9-11-5-3-8(7-11)2-1-4-10-6-8/h10H,1-7H2. The van der Waals surface area contributed by atoms with Crippen LogP contribution in [0.25, 0.3) is 0 Å². The molecule has 3 heteroatoms. The molecule has 0 bridgehead atoms. The summed E-state index contributed by atoms with van der Waals surface area (Å²) < 4.78 is 2.44. The summed E-state index contributed by atoms with van der Waals surface area (Å²) in [7, 11) is 0. The van der Waals surface area contributed by atoms with Crippen molar-refractivity contribution in [2.45, 2.75) is 19.3 Å². The first kappa shape index (κ1) is 8.26. The van der Waals surface area contributed by atoms with E-state index in [1.165, 1.54) is 45.4 Å². The fourth-order valence-electron chi connectivity index (χ4n) is 2.26.